The Morgan fingerprint density at radius 2 is 2.12 bits per heavy atom. The first-order valence-corrected chi connectivity index (χ1v) is 5.53. The molecule has 0 aliphatic carbocycles. The van der Waals surface area contributed by atoms with E-state index < -0.39 is 5.92 Å². The molecule has 0 heterocycles. The predicted molar refractivity (Wildman–Crippen MR) is 60.7 cm³/mol. The zero-order chi connectivity index (χ0) is 12.0. The highest BCUT2D eigenvalue weighted by Gasteiger charge is 2.23. The number of ether oxygens (including phenoxy) is 1. The van der Waals surface area contributed by atoms with Crippen molar-refractivity contribution in [2.24, 2.45) is 0 Å². The van der Waals surface area contributed by atoms with Crippen LogP contribution in [0.2, 0.25) is 0 Å². The number of halogens is 1. The molecule has 1 atom stereocenters. The molecule has 88 valence electrons. The van der Waals surface area contributed by atoms with Crippen molar-refractivity contribution in [1.82, 2.24) is 0 Å². The zero-order valence-electron chi connectivity index (χ0n) is 9.70. The van der Waals surface area contributed by atoms with Gasteiger partial charge in [-0.3, -0.25) is 4.79 Å². The fourth-order valence-electron chi connectivity index (χ4n) is 1.71. The average Bonchev–Trinajstić information content (AvgIpc) is 2.31. The van der Waals surface area contributed by atoms with Crippen LogP contribution in [-0.4, -0.2) is 13.1 Å². The molecule has 0 fully saturated rings. The SMILES string of the molecule is CCCCC(C(=O)OC)c1ccccc1F. The van der Waals surface area contributed by atoms with Gasteiger partial charge in [0.25, 0.3) is 0 Å². The lowest BCUT2D eigenvalue weighted by Gasteiger charge is -2.15. The highest BCUT2D eigenvalue weighted by molar-refractivity contribution is 5.78. The summed E-state index contributed by atoms with van der Waals surface area (Å²) in [6.07, 6.45) is 2.49. The maximum absolute atomic E-state index is 13.6. The minimum absolute atomic E-state index is 0.339. The van der Waals surface area contributed by atoms with Gasteiger partial charge in [-0.15, -0.1) is 0 Å². The summed E-state index contributed by atoms with van der Waals surface area (Å²) in [7, 11) is 1.34. The molecular formula is C13H17FO2. The number of esters is 1. The molecule has 0 saturated heterocycles. The predicted octanol–water partition coefficient (Wildman–Crippen LogP) is 3.27. The van der Waals surface area contributed by atoms with Gasteiger partial charge >= 0.3 is 5.97 Å². The van der Waals surface area contributed by atoms with Crippen molar-refractivity contribution in [2.75, 3.05) is 7.11 Å². The summed E-state index contributed by atoms with van der Waals surface area (Å²) in [5.74, 6) is -1.18. The lowest BCUT2D eigenvalue weighted by molar-refractivity contribution is -0.142. The topological polar surface area (TPSA) is 26.3 Å². The minimum atomic E-state index is -0.480. The summed E-state index contributed by atoms with van der Waals surface area (Å²) >= 11 is 0. The second-order valence-corrected chi connectivity index (χ2v) is 3.74. The molecule has 0 saturated carbocycles. The Labute approximate surface area is 95.4 Å². The van der Waals surface area contributed by atoms with E-state index in [-0.39, 0.29) is 11.8 Å². The third-order valence-corrected chi connectivity index (χ3v) is 2.61. The zero-order valence-corrected chi connectivity index (χ0v) is 9.70. The molecule has 0 aliphatic heterocycles. The first-order valence-electron chi connectivity index (χ1n) is 5.53. The average molecular weight is 224 g/mol. The van der Waals surface area contributed by atoms with E-state index in [1.165, 1.54) is 13.2 Å². The van der Waals surface area contributed by atoms with Gasteiger partial charge in [0.15, 0.2) is 0 Å². The number of rotatable bonds is 5. The first-order chi connectivity index (χ1) is 7.70. The van der Waals surface area contributed by atoms with Crippen molar-refractivity contribution in [3.8, 4) is 0 Å². The van der Waals surface area contributed by atoms with Gasteiger partial charge in [0.05, 0.1) is 13.0 Å². The number of hydrogen-bond donors (Lipinski definition) is 0. The van der Waals surface area contributed by atoms with Crippen LogP contribution in [0.4, 0.5) is 4.39 Å². The van der Waals surface area contributed by atoms with Crippen LogP contribution < -0.4 is 0 Å². The molecule has 3 heteroatoms. The van der Waals surface area contributed by atoms with E-state index in [2.05, 4.69) is 0 Å². The van der Waals surface area contributed by atoms with Gasteiger partial charge in [0.1, 0.15) is 5.82 Å². The number of benzene rings is 1. The third-order valence-electron chi connectivity index (χ3n) is 2.61. The molecule has 1 aromatic carbocycles. The lowest BCUT2D eigenvalue weighted by Crippen LogP contribution is -2.15. The van der Waals surface area contributed by atoms with Gasteiger partial charge in [-0.05, 0) is 12.5 Å². The van der Waals surface area contributed by atoms with E-state index in [1.54, 1.807) is 18.2 Å². The summed E-state index contributed by atoms with van der Waals surface area (Å²) in [5.41, 5.74) is 0.433. The lowest BCUT2D eigenvalue weighted by atomic mass is 9.93. The van der Waals surface area contributed by atoms with E-state index in [1.807, 2.05) is 6.92 Å². The quantitative estimate of drug-likeness (QED) is 0.717. The Hall–Kier alpha value is -1.38. The number of carbonyl (C=O) groups excluding carboxylic acids is 1. The number of unbranched alkanes of at least 4 members (excludes halogenated alkanes) is 1. The van der Waals surface area contributed by atoms with Gasteiger partial charge in [0.2, 0.25) is 0 Å². The molecule has 2 nitrogen and oxygen atoms in total. The molecule has 0 aromatic heterocycles. The van der Waals surface area contributed by atoms with Crippen LogP contribution in [0.5, 0.6) is 0 Å². The first kappa shape index (κ1) is 12.7. The molecule has 16 heavy (non-hydrogen) atoms. The van der Waals surface area contributed by atoms with E-state index in [9.17, 15) is 9.18 Å². The molecule has 1 aromatic rings. The third kappa shape index (κ3) is 3.05. The summed E-state index contributed by atoms with van der Waals surface area (Å²) in [6.45, 7) is 2.04. The van der Waals surface area contributed by atoms with E-state index in [4.69, 9.17) is 4.74 Å². The number of hydrogen-bond acceptors (Lipinski definition) is 2. The second-order valence-electron chi connectivity index (χ2n) is 3.74. The molecule has 0 spiro atoms. The normalized spacial score (nSPS) is 12.2. The molecule has 1 rings (SSSR count). The summed E-state index contributed by atoms with van der Waals surface area (Å²) in [5, 5.41) is 0. The highest BCUT2D eigenvalue weighted by Crippen LogP contribution is 2.25. The maximum Gasteiger partial charge on any atom is 0.313 e. The van der Waals surface area contributed by atoms with Gasteiger partial charge in [0, 0.05) is 5.56 Å². The molecular weight excluding hydrogens is 207 g/mol. The number of methoxy groups -OCH3 is 1. The summed E-state index contributed by atoms with van der Waals surface area (Å²) in [4.78, 5) is 11.6. The van der Waals surface area contributed by atoms with Crippen molar-refractivity contribution in [1.29, 1.82) is 0 Å². The van der Waals surface area contributed by atoms with E-state index in [0.717, 1.165) is 12.8 Å². The van der Waals surface area contributed by atoms with Crippen molar-refractivity contribution in [3.05, 3.63) is 35.6 Å². The van der Waals surface area contributed by atoms with Crippen molar-refractivity contribution < 1.29 is 13.9 Å². The smallest absolute Gasteiger partial charge is 0.313 e. The van der Waals surface area contributed by atoms with Crippen LogP contribution in [0, 0.1) is 5.82 Å². The van der Waals surface area contributed by atoms with E-state index in [0.29, 0.717) is 12.0 Å². The standard InChI is InChI=1S/C13H17FO2/c1-3-4-7-11(13(15)16-2)10-8-5-6-9-12(10)14/h5-6,8-9,11H,3-4,7H2,1-2H3. The summed E-state index contributed by atoms with van der Waals surface area (Å²) in [6, 6.07) is 6.37. The Bertz CT molecular complexity index is 350. The van der Waals surface area contributed by atoms with Crippen LogP contribution in [0.15, 0.2) is 24.3 Å². The van der Waals surface area contributed by atoms with E-state index >= 15 is 0 Å². The Morgan fingerprint density at radius 3 is 2.69 bits per heavy atom. The van der Waals surface area contributed by atoms with Crippen LogP contribution in [0.25, 0.3) is 0 Å². The van der Waals surface area contributed by atoms with Gasteiger partial charge in [-0.1, -0.05) is 38.0 Å². The second kappa shape index (κ2) is 6.26. The highest BCUT2D eigenvalue weighted by atomic mass is 19.1. The molecule has 0 radical (unpaired) electrons. The van der Waals surface area contributed by atoms with Gasteiger partial charge < -0.3 is 4.74 Å². The van der Waals surface area contributed by atoms with Gasteiger partial charge in [-0.2, -0.15) is 0 Å². The van der Waals surface area contributed by atoms with Crippen LogP contribution >= 0.6 is 0 Å². The van der Waals surface area contributed by atoms with Crippen LogP contribution in [0.3, 0.4) is 0 Å². The van der Waals surface area contributed by atoms with Crippen molar-refractivity contribution >= 4 is 5.97 Å². The Morgan fingerprint density at radius 1 is 1.44 bits per heavy atom. The van der Waals surface area contributed by atoms with Crippen molar-refractivity contribution in [3.63, 3.8) is 0 Å². The molecule has 0 amide bonds. The fraction of sp³-hybridized carbons (Fsp3) is 0.462. The maximum atomic E-state index is 13.6. The molecule has 0 bridgehead atoms. The van der Waals surface area contributed by atoms with Crippen LogP contribution in [-0.2, 0) is 9.53 Å². The van der Waals surface area contributed by atoms with Crippen molar-refractivity contribution in [2.45, 2.75) is 32.1 Å². The largest absolute Gasteiger partial charge is 0.469 e. The molecule has 1 unspecified atom stereocenters. The number of carbonyl (C=O) groups is 1. The summed E-state index contributed by atoms with van der Waals surface area (Å²) < 4.78 is 18.3. The Balaban J connectivity index is 2.92. The van der Waals surface area contributed by atoms with Gasteiger partial charge in [-0.25, -0.2) is 4.39 Å². The van der Waals surface area contributed by atoms with Crippen LogP contribution in [0.1, 0.15) is 37.7 Å². The molecule has 0 N–H and O–H groups in total. The monoisotopic (exact) mass is 224 g/mol. The Kier molecular flexibility index (Phi) is 4.96. The fourth-order valence-corrected chi connectivity index (χ4v) is 1.71. The minimum Gasteiger partial charge on any atom is -0.469 e. The molecule has 0 aliphatic rings.